The lowest BCUT2D eigenvalue weighted by atomic mass is 10.3. The molecule has 82 valence electrons. The normalized spacial score (nSPS) is 10.4. The molecule has 0 unspecified atom stereocenters. The van der Waals surface area contributed by atoms with E-state index in [9.17, 15) is 0 Å². The van der Waals surface area contributed by atoms with Crippen LogP contribution in [0.5, 0.6) is 0 Å². The molecule has 0 fully saturated rings. The molecule has 0 bridgehead atoms. The van der Waals surface area contributed by atoms with Crippen molar-refractivity contribution in [3.63, 3.8) is 0 Å². The summed E-state index contributed by atoms with van der Waals surface area (Å²) in [5, 5.41) is 1.98. The van der Waals surface area contributed by atoms with Gasteiger partial charge in [0.15, 0.2) is 5.15 Å². The van der Waals surface area contributed by atoms with Crippen LogP contribution in [0, 0.1) is 13.8 Å². The summed E-state index contributed by atoms with van der Waals surface area (Å²) in [6, 6.07) is 4.03. The molecular formula is C11H10ClN3S. The molecule has 0 N–H and O–H groups in total. The van der Waals surface area contributed by atoms with Crippen LogP contribution in [0.25, 0.3) is 0 Å². The van der Waals surface area contributed by atoms with E-state index in [2.05, 4.69) is 15.0 Å². The number of aryl methyl sites for hydroxylation is 2. The molecule has 0 saturated carbocycles. The predicted molar refractivity (Wildman–Crippen MR) is 64.9 cm³/mol. The van der Waals surface area contributed by atoms with E-state index < -0.39 is 0 Å². The smallest absolute Gasteiger partial charge is 0.161 e. The molecule has 2 aromatic heterocycles. The van der Waals surface area contributed by atoms with Crippen molar-refractivity contribution in [2.75, 3.05) is 0 Å². The van der Waals surface area contributed by atoms with Crippen molar-refractivity contribution in [1.29, 1.82) is 0 Å². The number of aromatic nitrogens is 3. The largest absolute Gasteiger partial charge is 0.246 e. The highest BCUT2D eigenvalue weighted by Crippen LogP contribution is 2.29. The van der Waals surface area contributed by atoms with Gasteiger partial charge in [-0.2, -0.15) is 0 Å². The molecule has 2 heterocycles. The predicted octanol–water partition coefficient (Wildman–Crippen LogP) is 3.29. The van der Waals surface area contributed by atoms with Crippen molar-refractivity contribution in [3.05, 3.63) is 40.9 Å². The second-order valence-electron chi connectivity index (χ2n) is 3.38. The number of halogens is 1. The Balaban J connectivity index is 2.30. The van der Waals surface area contributed by atoms with Crippen molar-refractivity contribution >= 4 is 23.4 Å². The molecule has 2 aromatic rings. The number of hydrogen-bond acceptors (Lipinski definition) is 4. The van der Waals surface area contributed by atoms with Gasteiger partial charge in [0.2, 0.25) is 0 Å². The van der Waals surface area contributed by atoms with E-state index in [-0.39, 0.29) is 0 Å². The van der Waals surface area contributed by atoms with Crippen LogP contribution in [0.15, 0.2) is 34.6 Å². The molecule has 0 saturated heterocycles. The highest BCUT2D eigenvalue weighted by molar-refractivity contribution is 7.99. The molecule has 0 aliphatic rings. The third-order valence-electron chi connectivity index (χ3n) is 1.90. The lowest BCUT2D eigenvalue weighted by Crippen LogP contribution is -1.89. The summed E-state index contributed by atoms with van der Waals surface area (Å²) in [4.78, 5) is 12.5. The van der Waals surface area contributed by atoms with Crippen LogP contribution >= 0.6 is 23.4 Å². The Morgan fingerprint density at radius 3 is 2.56 bits per heavy atom. The number of nitrogens with zero attached hydrogens (tertiary/aromatic N) is 3. The van der Waals surface area contributed by atoms with Crippen molar-refractivity contribution in [2.45, 2.75) is 23.9 Å². The highest BCUT2D eigenvalue weighted by atomic mass is 35.5. The Kier molecular flexibility index (Phi) is 3.41. The van der Waals surface area contributed by atoms with E-state index in [0.29, 0.717) is 10.2 Å². The van der Waals surface area contributed by atoms with E-state index in [1.165, 1.54) is 17.3 Å². The molecule has 0 aliphatic carbocycles. The molecule has 16 heavy (non-hydrogen) atoms. The third-order valence-corrected chi connectivity index (χ3v) is 3.20. The minimum absolute atomic E-state index is 0.411. The minimum atomic E-state index is 0.411. The monoisotopic (exact) mass is 251 g/mol. The summed E-state index contributed by atoms with van der Waals surface area (Å²) in [5.41, 5.74) is 2.16. The summed E-state index contributed by atoms with van der Waals surface area (Å²) in [7, 11) is 0. The van der Waals surface area contributed by atoms with E-state index >= 15 is 0 Å². The minimum Gasteiger partial charge on any atom is -0.246 e. The van der Waals surface area contributed by atoms with Gasteiger partial charge in [0.25, 0.3) is 0 Å². The fourth-order valence-corrected chi connectivity index (χ4v) is 2.44. The van der Waals surface area contributed by atoms with Gasteiger partial charge in [-0.05, 0) is 43.3 Å². The van der Waals surface area contributed by atoms with Gasteiger partial charge in [-0.3, -0.25) is 0 Å². The van der Waals surface area contributed by atoms with Crippen LogP contribution in [0.4, 0.5) is 0 Å². The summed E-state index contributed by atoms with van der Waals surface area (Å²) < 4.78 is 0. The number of pyridine rings is 1. The fraction of sp³-hybridized carbons (Fsp3) is 0.182. The van der Waals surface area contributed by atoms with E-state index in [1.807, 2.05) is 26.0 Å². The topological polar surface area (TPSA) is 38.7 Å². The maximum atomic E-state index is 5.93. The van der Waals surface area contributed by atoms with Crippen molar-refractivity contribution in [1.82, 2.24) is 15.0 Å². The first-order valence-electron chi connectivity index (χ1n) is 4.75. The molecule has 0 amide bonds. The Bertz CT molecular complexity index is 496. The zero-order chi connectivity index (χ0) is 11.5. The van der Waals surface area contributed by atoms with Gasteiger partial charge in [-0.15, -0.1) is 0 Å². The van der Waals surface area contributed by atoms with Gasteiger partial charge < -0.3 is 0 Å². The zero-order valence-electron chi connectivity index (χ0n) is 8.94. The second-order valence-corrected chi connectivity index (χ2v) is 4.75. The molecule has 0 aliphatic heterocycles. The van der Waals surface area contributed by atoms with Crippen LogP contribution in [0.3, 0.4) is 0 Å². The van der Waals surface area contributed by atoms with E-state index in [1.54, 1.807) is 12.4 Å². The summed E-state index contributed by atoms with van der Waals surface area (Å²) >= 11 is 7.36. The highest BCUT2D eigenvalue weighted by Gasteiger charge is 2.06. The van der Waals surface area contributed by atoms with Crippen LogP contribution in [0.1, 0.15) is 11.3 Å². The van der Waals surface area contributed by atoms with Gasteiger partial charge >= 0.3 is 0 Å². The Labute approximate surface area is 103 Å². The molecule has 3 nitrogen and oxygen atoms in total. The fourth-order valence-electron chi connectivity index (χ4n) is 1.33. The average Bonchev–Trinajstić information content (AvgIpc) is 2.20. The van der Waals surface area contributed by atoms with Crippen LogP contribution in [0.2, 0.25) is 5.15 Å². The molecule has 0 spiro atoms. The molecule has 2 rings (SSSR count). The molecule has 0 aromatic carbocycles. The SMILES string of the molecule is Cc1cc(C)nc(Sc2nccnc2Cl)c1. The Hall–Kier alpha value is -1.13. The van der Waals surface area contributed by atoms with Crippen molar-refractivity contribution in [3.8, 4) is 0 Å². The van der Waals surface area contributed by atoms with Crippen molar-refractivity contribution < 1.29 is 0 Å². The maximum Gasteiger partial charge on any atom is 0.161 e. The summed E-state index contributed by atoms with van der Waals surface area (Å²) in [6.45, 7) is 4.01. The average molecular weight is 252 g/mol. The Morgan fingerprint density at radius 2 is 1.88 bits per heavy atom. The summed E-state index contributed by atoms with van der Waals surface area (Å²) in [6.07, 6.45) is 3.19. The maximum absolute atomic E-state index is 5.93. The van der Waals surface area contributed by atoms with Gasteiger partial charge in [-0.25, -0.2) is 15.0 Å². The first-order chi connectivity index (χ1) is 7.65. The number of rotatable bonds is 2. The van der Waals surface area contributed by atoms with E-state index in [4.69, 9.17) is 11.6 Å². The van der Waals surface area contributed by atoms with Crippen LogP contribution < -0.4 is 0 Å². The quantitative estimate of drug-likeness (QED) is 0.821. The summed E-state index contributed by atoms with van der Waals surface area (Å²) in [5.74, 6) is 0. The zero-order valence-corrected chi connectivity index (χ0v) is 10.5. The third kappa shape index (κ3) is 2.71. The van der Waals surface area contributed by atoms with Crippen LogP contribution in [-0.4, -0.2) is 15.0 Å². The molecule has 0 radical (unpaired) electrons. The molecule has 0 atom stereocenters. The molecular weight excluding hydrogens is 242 g/mol. The Morgan fingerprint density at radius 1 is 1.12 bits per heavy atom. The van der Waals surface area contributed by atoms with Crippen LogP contribution in [-0.2, 0) is 0 Å². The number of hydrogen-bond donors (Lipinski definition) is 0. The van der Waals surface area contributed by atoms with Gasteiger partial charge in [0.1, 0.15) is 10.1 Å². The lowest BCUT2D eigenvalue weighted by Gasteiger charge is -2.03. The van der Waals surface area contributed by atoms with Gasteiger partial charge in [0, 0.05) is 18.1 Å². The lowest BCUT2D eigenvalue weighted by molar-refractivity contribution is 1.02. The first kappa shape index (κ1) is 11.4. The second kappa shape index (κ2) is 4.80. The molecule has 5 heteroatoms. The van der Waals surface area contributed by atoms with Gasteiger partial charge in [0.05, 0.1) is 0 Å². The van der Waals surface area contributed by atoms with E-state index in [0.717, 1.165) is 10.7 Å². The van der Waals surface area contributed by atoms with Crippen molar-refractivity contribution in [2.24, 2.45) is 0 Å². The first-order valence-corrected chi connectivity index (χ1v) is 5.94. The van der Waals surface area contributed by atoms with Gasteiger partial charge in [-0.1, -0.05) is 11.6 Å². The standard InChI is InChI=1S/C11H10ClN3S/c1-7-5-8(2)15-9(6-7)16-11-10(12)13-3-4-14-11/h3-6H,1-2H3.